The van der Waals surface area contributed by atoms with Gasteiger partial charge in [0.15, 0.2) is 0 Å². The topological polar surface area (TPSA) is 110 Å². The number of para-hydroxylation sites is 1. The molecule has 0 bridgehead atoms. The summed E-state index contributed by atoms with van der Waals surface area (Å²) in [5.41, 5.74) is 2.21. The summed E-state index contributed by atoms with van der Waals surface area (Å²) in [4.78, 5) is -0.00597. The van der Waals surface area contributed by atoms with Crippen molar-refractivity contribution >= 4 is 15.7 Å². The van der Waals surface area contributed by atoms with Crippen molar-refractivity contribution in [2.45, 2.75) is 43.9 Å². The van der Waals surface area contributed by atoms with Gasteiger partial charge in [-0.15, -0.1) is 5.10 Å². The van der Waals surface area contributed by atoms with Crippen LogP contribution in [0.3, 0.4) is 0 Å². The third-order valence-corrected chi connectivity index (χ3v) is 8.22. The molecule has 0 fully saturated rings. The van der Waals surface area contributed by atoms with Gasteiger partial charge in [0, 0.05) is 18.2 Å². The number of hydrogen-bond acceptors (Lipinski definition) is 7. The number of aliphatic hydroxyl groups is 1. The van der Waals surface area contributed by atoms with E-state index in [0.29, 0.717) is 41.2 Å². The molecule has 0 aliphatic carbocycles. The highest BCUT2D eigenvalue weighted by molar-refractivity contribution is 7.89. The zero-order chi connectivity index (χ0) is 26.7. The predicted octanol–water partition coefficient (Wildman–Crippen LogP) is 4.15. The van der Waals surface area contributed by atoms with Gasteiger partial charge in [-0.1, -0.05) is 48.5 Å². The smallest absolute Gasteiger partial charge is 0.249 e. The van der Waals surface area contributed by atoms with E-state index in [0.717, 1.165) is 0 Å². The van der Waals surface area contributed by atoms with Crippen LogP contribution < -0.4 is 10.1 Å². The minimum atomic E-state index is -4.09. The van der Waals surface area contributed by atoms with Crippen molar-refractivity contribution in [3.8, 4) is 11.5 Å². The van der Waals surface area contributed by atoms with E-state index < -0.39 is 10.0 Å². The molecule has 1 unspecified atom stereocenters. The fourth-order valence-corrected chi connectivity index (χ4v) is 6.00. The largest absolute Gasteiger partial charge is 0.456 e. The quantitative estimate of drug-likeness (QED) is 0.348. The second-order valence-corrected chi connectivity index (χ2v) is 11.0. The van der Waals surface area contributed by atoms with Crippen LogP contribution in [-0.4, -0.2) is 45.5 Å². The molecule has 1 atom stereocenters. The third kappa shape index (κ3) is 5.40. The van der Waals surface area contributed by atoms with Crippen molar-refractivity contribution in [2.24, 2.45) is 0 Å². The van der Waals surface area contributed by atoms with Gasteiger partial charge in [0.2, 0.25) is 10.0 Å². The molecule has 9 nitrogen and oxygen atoms in total. The number of hydrogen-bond donors (Lipinski definition) is 2. The minimum Gasteiger partial charge on any atom is -0.456 e. The number of fused-ring (bicyclic) bond motifs is 2. The first-order valence-electron chi connectivity index (χ1n) is 12.3. The summed E-state index contributed by atoms with van der Waals surface area (Å²) >= 11 is 0. The molecule has 0 saturated heterocycles. The van der Waals surface area contributed by atoms with Crippen LogP contribution in [0, 0.1) is 5.82 Å². The van der Waals surface area contributed by atoms with Crippen LogP contribution in [0.25, 0.3) is 0 Å². The molecule has 2 N–H and O–H groups in total. The van der Waals surface area contributed by atoms with Crippen molar-refractivity contribution in [2.75, 3.05) is 11.9 Å². The molecule has 1 aromatic heterocycles. The summed E-state index contributed by atoms with van der Waals surface area (Å²) in [7, 11) is -4.09. The lowest BCUT2D eigenvalue weighted by Crippen LogP contribution is -2.33. The number of halogens is 1. The Morgan fingerprint density at radius 2 is 1.87 bits per heavy atom. The fraction of sp³-hybridized carbons (Fsp3) is 0.259. The van der Waals surface area contributed by atoms with Crippen molar-refractivity contribution in [3.05, 3.63) is 95.6 Å². The fourth-order valence-electron chi connectivity index (χ4n) is 4.36. The molecule has 1 aliphatic rings. The Morgan fingerprint density at radius 1 is 1.08 bits per heavy atom. The highest BCUT2D eigenvalue weighted by atomic mass is 32.2. The molecule has 2 heterocycles. The van der Waals surface area contributed by atoms with Crippen LogP contribution >= 0.6 is 0 Å². The van der Waals surface area contributed by atoms with E-state index in [2.05, 4.69) is 15.6 Å². The molecule has 1 aliphatic heterocycles. The first kappa shape index (κ1) is 25.8. The molecule has 0 amide bonds. The maximum absolute atomic E-state index is 14.2. The van der Waals surface area contributed by atoms with E-state index in [-0.39, 0.29) is 42.2 Å². The average molecular weight is 538 g/mol. The van der Waals surface area contributed by atoms with Gasteiger partial charge in [0.05, 0.1) is 37.3 Å². The SMILES string of the molecule is CCC(CO)Nc1cccc2c1S(=O)(=O)N(Cc1cn(Cc3cccc(F)c3)nn1)Cc1ccccc1O2. The molecule has 3 aromatic carbocycles. The van der Waals surface area contributed by atoms with Crippen molar-refractivity contribution < 1.29 is 22.7 Å². The van der Waals surface area contributed by atoms with Gasteiger partial charge in [0.1, 0.15) is 22.2 Å². The third-order valence-electron chi connectivity index (χ3n) is 6.35. The van der Waals surface area contributed by atoms with E-state index in [1.165, 1.54) is 16.4 Å². The van der Waals surface area contributed by atoms with E-state index in [1.807, 2.05) is 25.1 Å². The number of nitrogens with zero attached hydrogens (tertiary/aromatic N) is 4. The van der Waals surface area contributed by atoms with Crippen molar-refractivity contribution in [3.63, 3.8) is 0 Å². The van der Waals surface area contributed by atoms with Gasteiger partial charge >= 0.3 is 0 Å². The molecular weight excluding hydrogens is 509 g/mol. The second kappa shape index (κ2) is 10.9. The number of aromatic nitrogens is 3. The first-order valence-corrected chi connectivity index (χ1v) is 13.7. The average Bonchev–Trinajstić information content (AvgIpc) is 3.34. The lowest BCUT2D eigenvalue weighted by molar-refractivity contribution is 0.271. The van der Waals surface area contributed by atoms with Crippen LogP contribution in [0.1, 0.15) is 30.2 Å². The Labute approximate surface area is 220 Å². The number of aliphatic hydroxyl groups excluding tert-OH is 1. The lowest BCUT2D eigenvalue weighted by Gasteiger charge is -2.29. The molecule has 38 heavy (non-hydrogen) atoms. The monoisotopic (exact) mass is 537 g/mol. The number of benzene rings is 3. The summed E-state index contributed by atoms with van der Waals surface area (Å²) in [5, 5.41) is 21.2. The Morgan fingerprint density at radius 3 is 2.66 bits per heavy atom. The molecule has 11 heteroatoms. The van der Waals surface area contributed by atoms with Crippen LogP contribution in [0.4, 0.5) is 10.1 Å². The van der Waals surface area contributed by atoms with Gasteiger partial charge in [-0.3, -0.25) is 0 Å². The Hall–Kier alpha value is -3.80. The molecule has 0 radical (unpaired) electrons. The molecule has 0 spiro atoms. The van der Waals surface area contributed by atoms with Crippen molar-refractivity contribution in [1.82, 2.24) is 19.3 Å². The normalized spacial score (nSPS) is 15.4. The standard InChI is InChI=1S/C27H28FN5O4S/c1-2-22(18-34)29-24-10-6-12-26-27(24)38(35,36)33(15-20-8-3-4-11-25(20)37-26)17-23-16-32(31-30-23)14-19-7-5-9-21(28)13-19/h3-13,16,22,29,34H,2,14-15,17-18H2,1H3. The minimum absolute atomic E-state index is 0.00597. The van der Waals surface area contributed by atoms with Gasteiger partial charge in [-0.25, -0.2) is 17.5 Å². The van der Waals surface area contributed by atoms with E-state index >= 15 is 0 Å². The number of nitrogens with one attached hydrogen (secondary N) is 1. The van der Waals surface area contributed by atoms with E-state index in [1.54, 1.807) is 47.3 Å². The zero-order valence-corrected chi connectivity index (χ0v) is 21.6. The van der Waals surface area contributed by atoms with Crippen LogP contribution in [0.5, 0.6) is 11.5 Å². The van der Waals surface area contributed by atoms with Gasteiger partial charge in [0.25, 0.3) is 0 Å². The Bertz CT molecular complexity index is 1540. The maximum atomic E-state index is 14.2. The molecule has 4 aromatic rings. The first-order chi connectivity index (χ1) is 18.4. The number of anilines is 1. The van der Waals surface area contributed by atoms with Crippen LogP contribution in [-0.2, 0) is 29.7 Å². The van der Waals surface area contributed by atoms with E-state index in [9.17, 15) is 17.9 Å². The molecular formula is C27H28FN5O4S. The lowest BCUT2D eigenvalue weighted by atomic mass is 10.2. The van der Waals surface area contributed by atoms with Crippen LogP contribution in [0.15, 0.2) is 77.8 Å². The van der Waals surface area contributed by atoms with Gasteiger partial charge in [-0.05, 0) is 42.3 Å². The summed E-state index contributed by atoms with van der Waals surface area (Å²) in [6.45, 7) is 2.07. The number of sulfonamides is 1. The van der Waals surface area contributed by atoms with E-state index in [4.69, 9.17) is 4.74 Å². The Kier molecular flexibility index (Phi) is 7.41. The molecule has 0 saturated carbocycles. The summed E-state index contributed by atoms with van der Waals surface area (Å²) < 4.78 is 50.9. The summed E-state index contributed by atoms with van der Waals surface area (Å²) in [6, 6.07) is 18.2. The molecule has 198 valence electrons. The zero-order valence-electron chi connectivity index (χ0n) is 20.8. The maximum Gasteiger partial charge on any atom is 0.249 e. The Balaban J connectivity index is 1.52. The number of ether oxygens (including phenoxy) is 1. The van der Waals surface area contributed by atoms with Crippen LogP contribution in [0.2, 0.25) is 0 Å². The van der Waals surface area contributed by atoms with Crippen molar-refractivity contribution in [1.29, 1.82) is 0 Å². The highest BCUT2D eigenvalue weighted by Crippen LogP contribution is 2.41. The second-order valence-electron chi connectivity index (χ2n) is 9.09. The number of rotatable bonds is 8. The molecule has 5 rings (SSSR count). The summed E-state index contributed by atoms with van der Waals surface area (Å²) in [6.07, 6.45) is 2.26. The van der Waals surface area contributed by atoms with Gasteiger partial charge in [-0.2, -0.15) is 4.31 Å². The highest BCUT2D eigenvalue weighted by Gasteiger charge is 2.35. The summed E-state index contributed by atoms with van der Waals surface area (Å²) in [5.74, 6) is 0.398. The van der Waals surface area contributed by atoms with Gasteiger partial charge < -0.3 is 15.2 Å². The predicted molar refractivity (Wildman–Crippen MR) is 140 cm³/mol.